The molecule has 0 aliphatic rings. The third-order valence-corrected chi connectivity index (χ3v) is 6.44. The summed E-state index contributed by atoms with van der Waals surface area (Å²) < 4.78 is 16.7. The van der Waals surface area contributed by atoms with E-state index in [4.69, 9.17) is 14.2 Å². The molecular weight excluding hydrogens is 488 g/mol. The molecule has 0 aliphatic carbocycles. The summed E-state index contributed by atoms with van der Waals surface area (Å²) in [5.41, 5.74) is 1.59. The van der Waals surface area contributed by atoms with E-state index in [0.717, 1.165) is 61.6 Å². The summed E-state index contributed by atoms with van der Waals surface area (Å²) in [6, 6.07) is 15.5. The summed E-state index contributed by atoms with van der Waals surface area (Å²) in [5.74, 6) is 1.39. The van der Waals surface area contributed by atoms with E-state index in [1.165, 1.54) is 63.9 Å². The van der Waals surface area contributed by atoms with Crippen molar-refractivity contribution in [1.29, 1.82) is 0 Å². The third-order valence-electron chi connectivity index (χ3n) is 6.44. The second-order valence-electron chi connectivity index (χ2n) is 9.85. The Morgan fingerprint density at radius 2 is 1.00 bits per heavy atom. The Hall–Kier alpha value is -3.15. The minimum Gasteiger partial charge on any atom is -0.494 e. The van der Waals surface area contributed by atoms with Gasteiger partial charge in [0.15, 0.2) is 0 Å². The van der Waals surface area contributed by atoms with Crippen LogP contribution in [-0.2, 0) is 9.53 Å². The van der Waals surface area contributed by atoms with E-state index in [9.17, 15) is 4.79 Å². The number of carbonyl (C=O) groups is 1. The molecule has 0 bridgehead atoms. The summed E-state index contributed by atoms with van der Waals surface area (Å²) in [5, 5.41) is 8.67. The third kappa shape index (κ3) is 16.4. The molecule has 0 amide bonds. The highest BCUT2D eigenvalue weighted by molar-refractivity contribution is 5.81. The predicted octanol–water partition coefficient (Wildman–Crippen LogP) is 10.1. The first kappa shape index (κ1) is 32.1. The summed E-state index contributed by atoms with van der Waals surface area (Å²) in [4.78, 5) is 11.0. The smallest absolute Gasteiger partial charge is 0.330 e. The van der Waals surface area contributed by atoms with Gasteiger partial charge in [0, 0.05) is 6.08 Å². The number of rotatable bonds is 23. The van der Waals surface area contributed by atoms with Crippen LogP contribution in [0.15, 0.2) is 71.4 Å². The van der Waals surface area contributed by atoms with Gasteiger partial charge in [-0.2, -0.15) is 10.2 Å². The maximum Gasteiger partial charge on any atom is 0.330 e. The molecule has 6 heteroatoms. The molecule has 0 saturated heterocycles. The number of hydrogen-bond donors (Lipinski definition) is 0. The Morgan fingerprint density at radius 1 is 0.615 bits per heavy atom. The predicted molar refractivity (Wildman–Crippen MR) is 160 cm³/mol. The molecule has 39 heavy (non-hydrogen) atoms. The van der Waals surface area contributed by atoms with Gasteiger partial charge in [-0.3, -0.25) is 0 Å². The maximum absolute atomic E-state index is 11.0. The molecule has 0 fully saturated rings. The summed E-state index contributed by atoms with van der Waals surface area (Å²) >= 11 is 0. The minimum atomic E-state index is -0.338. The normalized spacial score (nSPS) is 11.0. The van der Waals surface area contributed by atoms with Crippen molar-refractivity contribution < 1.29 is 19.0 Å². The van der Waals surface area contributed by atoms with Crippen LogP contribution >= 0.6 is 0 Å². The number of benzene rings is 2. The lowest BCUT2D eigenvalue weighted by Crippen LogP contribution is -2.01. The minimum absolute atomic E-state index is 0.338. The molecule has 0 atom stereocenters. The van der Waals surface area contributed by atoms with Crippen LogP contribution < -0.4 is 9.47 Å². The zero-order valence-electron chi connectivity index (χ0n) is 24.0. The van der Waals surface area contributed by atoms with Crippen LogP contribution in [-0.4, -0.2) is 25.8 Å². The van der Waals surface area contributed by atoms with Gasteiger partial charge in [-0.1, -0.05) is 84.1 Å². The van der Waals surface area contributed by atoms with Gasteiger partial charge in [-0.05, 0) is 67.8 Å². The molecule has 214 valence electrons. The topological polar surface area (TPSA) is 69.5 Å². The fourth-order valence-electron chi connectivity index (χ4n) is 4.09. The van der Waals surface area contributed by atoms with Crippen LogP contribution in [0.1, 0.15) is 96.8 Å². The van der Waals surface area contributed by atoms with E-state index in [-0.39, 0.29) is 5.97 Å². The monoisotopic (exact) mass is 536 g/mol. The number of carbonyl (C=O) groups excluding carboxylic acids is 1. The van der Waals surface area contributed by atoms with Crippen LogP contribution in [0.5, 0.6) is 11.5 Å². The summed E-state index contributed by atoms with van der Waals surface area (Å²) in [6.07, 6.45) is 17.9. The SMILES string of the molecule is C=CC(=O)OCCCCCCCCCOc1ccc(/N=N/c2ccc(OCCCCCCCCC)cc2)cc1. The van der Waals surface area contributed by atoms with Crippen molar-refractivity contribution in [2.24, 2.45) is 10.2 Å². The van der Waals surface area contributed by atoms with E-state index in [1.807, 2.05) is 48.5 Å². The van der Waals surface area contributed by atoms with Gasteiger partial charge in [0.2, 0.25) is 0 Å². The molecule has 0 N–H and O–H groups in total. The molecule has 2 rings (SSSR count). The fourth-order valence-corrected chi connectivity index (χ4v) is 4.09. The van der Waals surface area contributed by atoms with Gasteiger partial charge in [0.1, 0.15) is 11.5 Å². The van der Waals surface area contributed by atoms with Gasteiger partial charge in [0.05, 0.1) is 31.2 Å². The first-order chi connectivity index (χ1) is 19.2. The van der Waals surface area contributed by atoms with Crippen molar-refractivity contribution >= 4 is 17.3 Å². The number of ether oxygens (including phenoxy) is 3. The highest BCUT2D eigenvalue weighted by atomic mass is 16.5. The zero-order valence-corrected chi connectivity index (χ0v) is 24.0. The summed E-state index contributed by atoms with van der Waals surface area (Å²) in [6.45, 7) is 7.60. The number of hydrogen-bond acceptors (Lipinski definition) is 6. The van der Waals surface area contributed by atoms with Crippen molar-refractivity contribution in [2.45, 2.75) is 96.8 Å². The lowest BCUT2D eigenvalue weighted by molar-refractivity contribution is -0.137. The molecule has 0 aliphatic heterocycles. The molecule has 2 aromatic carbocycles. The molecule has 6 nitrogen and oxygen atoms in total. The lowest BCUT2D eigenvalue weighted by atomic mass is 10.1. The summed E-state index contributed by atoms with van der Waals surface area (Å²) in [7, 11) is 0. The van der Waals surface area contributed by atoms with Crippen molar-refractivity contribution in [2.75, 3.05) is 19.8 Å². The average Bonchev–Trinajstić information content (AvgIpc) is 2.97. The van der Waals surface area contributed by atoms with Crippen molar-refractivity contribution in [3.8, 4) is 11.5 Å². The molecule has 0 unspecified atom stereocenters. The number of unbranched alkanes of at least 4 members (excludes halogenated alkanes) is 12. The van der Waals surface area contributed by atoms with Crippen molar-refractivity contribution in [3.63, 3.8) is 0 Å². The van der Waals surface area contributed by atoms with Gasteiger partial charge < -0.3 is 14.2 Å². The molecular formula is C33H48N2O4. The molecule has 0 saturated carbocycles. The Balaban J connectivity index is 1.52. The fraction of sp³-hybridized carbons (Fsp3) is 0.545. The van der Waals surface area contributed by atoms with Crippen LogP contribution in [0.2, 0.25) is 0 Å². The zero-order chi connectivity index (χ0) is 27.8. The first-order valence-electron chi connectivity index (χ1n) is 14.9. The Morgan fingerprint density at radius 3 is 1.41 bits per heavy atom. The first-order valence-corrected chi connectivity index (χ1v) is 14.9. The number of nitrogens with zero attached hydrogens (tertiary/aromatic N) is 2. The molecule has 0 heterocycles. The Bertz CT molecular complexity index is 926. The molecule has 0 aromatic heterocycles. The van der Waals surface area contributed by atoms with Crippen LogP contribution in [0.4, 0.5) is 11.4 Å². The Kier molecular flexibility index (Phi) is 17.9. The van der Waals surface area contributed by atoms with E-state index >= 15 is 0 Å². The van der Waals surface area contributed by atoms with Gasteiger partial charge in [0.25, 0.3) is 0 Å². The largest absolute Gasteiger partial charge is 0.494 e. The molecule has 0 radical (unpaired) electrons. The van der Waals surface area contributed by atoms with Crippen molar-refractivity contribution in [1.82, 2.24) is 0 Å². The van der Waals surface area contributed by atoms with Crippen molar-refractivity contribution in [3.05, 3.63) is 61.2 Å². The average molecular weight is 537 g/mol. The van der Waals surface area contributed by atoms with Gasteiger partial charge >= 0.3 is 5.97 Å². The maximum atomic E-state index is 11.0. The van der Waals surface area contributed by atoms with Crippen LogP contribution in [0, 0.1) is 0 Å². The second kappa shape index (κ2) is 21.7. The Labute approximate surface area is 235 Å². The van der Waals surface area contributed by atoms with Gasteiger partial charge in [-0.15, -0.1) is 0 Å². The lowest BCUT2D eigenvalue weighted by Gasteiger charge is -2.07. The second-order valence-corrected chi connectivity index (χ2v) is 9.85. The van der Waals surface area contributed by atoms with E-state index in [2.05, 4.69) is 23.7 Å². The standard InChI is InChI=1S/C33H48N2O4/c1-3-5-6-7-9-12-15-26-37-31-22-18-29(19-23-31)34-35-30-20-24-32(25-21-30)38-27-16-13-10-8-11-14-17-28-39-33(36)4-2/h4,18-25H,2-3,5-17,26-28H2,1H3/b35-34+. The number of esters is 1. The quantitative estimate of drug-likeness (QED) is 0.0613. The highest BCUT2D eigenvalue weighted by Crippen LogP contribution is 2.23. The van der Waals surface area contributed by atoms with E-state index in [0.29, 0.717) is 13.2 Å². The van der Waals surface area contributed by atoms with E-state index in [1.54, 1.807) is 0 Å². The van der Waals surface area contributed by atoms with Crippen LogP contribution in [0.3, 0.4) is 0 Å². The molecule has 2 aromatic rings. The highest BCUT2D eigenvalue weighted by Gasteiger charge is 1.99. The van der Waals surface area contributed by atoms with Gasteiger partial charge in [-0.25, -0.2) is 4.79 Å². The number of azo groups is 1. The van der Waals surface area contributed by atoms with Crippen LogP contribution in [0.25, 0.3) is 0 Å². The van der Waals surface area contributed by atoms with E-state index < -0.39 is 0 Å². The molecule has 0 spiro atoms.